The smallest absolute Gasteiger partial charge is 0.307 e. The van der Waals surface area contributed by atoms with E-state index in [-0.39, 0.29) is 11.7 Å². The number of fused-ring (bicyclic) bond motifs is 1. The van der Waals surface area contributed by atoms with Crippen molar-refractivity contribution in [3.05, 3.63) is 71.3 Å². The number of amides is 1. The molecule has 0 saturated heterocycles. The number of tetrazole rings is 1. The monoisotopic (exact) mass is 352 g/mol. The summed E-state index contributed by atoms with van der Waals surface area (Å²) in [5.74, 6) is 0.229. The molecule has 0 radical (unpaired) electrons. The summed E-state index contributed by atoms with van der Waals surface area (Å²) in [5, 5.41) is 16.4. The Hall–Kier alpha value is -3.62. The molecule has 3 heterocycles. The van der Waals surface area contributed by atoms with E-state index in [2.05, 4.69) is 31.1 Å². The van der Waals surface area contributed by atoms with Crippen LogP contribution >= 0.6 is 0 Å². The molecule has 8 nitrogen and oxygen atoms in total. The number of anilines is 2. The standard InChI is InChI=1S/C17H14FN7O/c1-10-14(16(26)21-13-4-2-3-9-19-13)15(11-5-7-12(18)8-6-11)25-17(20-10)22-23-24-25/h2-9,15H,1H3,(H2,19,20,21,22,24,26)/p+1. The minimum absolute atomic E-state index is 0.323. The maximum Gasteiger partial charge on any atom is 0.405 e. The molecule has 9 heteroatoms. The molecule has 130 valence electrons. The van der Waals surface area contributed by atoms with E-state index < -0.39 is 6.04 Å². The Balaban J connectivity index is 1.77. The first-order valence-corrected chi connectivity index (χ1v) is 7.91. The number of benzene rings is 1. The van der Waals surface area contributed by atoms with Crippen LogP contribution in [0.25, 0.3) is 0 Å². The number of nitrogens with one attached hydrogen (secondary N) is 3. The number of halogens is 1. The SMILES string of the molecule is CC1=C(C(=O)Nc2ccccn2)C(c2ccc(F)cc2)[n+]2[nH]nnc2N1. The van der Waals surface area contributed by atoms with Crippen molar-refractivity contribution in [1.82, 2.24) is 20.5 Å². The molecule has 4 rings (SSSR count). The number of rotatable bonds is 3. The van der Waals surface area contributed by atoms with E-state index in [4.69, 9.17) is 0 Å². The Kier molecular flexibility index (Phi) is 3.88. The molecule has 0 spiro atoms. The van der Waals surface area contributed by atoms with Gasteiger partial charge < -0.3 is 5.32 Å². The number of H-pyrrole nitrogens is 1. The van der Waals surface area contributed by atoms with Crippen molar-refractivity contribution >= 4 is 17.7 Å². The highest BCUT2D eigenvalue weighted by Crippen LogP contribution is 2.29. The van der Waals surface area contributed by atoms with Crippen LogP contribution in [0.5, 0.6) is 0 Å². The number of aromatic amines is 1. The lowest BCUT2D eigenvalue weighted by molar-refractivity contribution is -0.750. The Morgan fingerprint density at radius 3 is 2.77 bits per heavy atom. The zero-order valence-corrected chi connectivity index (χ0v) is 13.8. The number of aromatic nitrogens is 5. The van der Waals surface area contributed by atoms with Gasteiger partial charge in [0.05, 0.1) is 16.4 Å². The molecule has 1 unspecified atom stereocenters. The van der Waals surface area contributed by atoms with Gasteiger partial charge in [-0.05, 0) is 36.8 Å². The Morgan fingerprint density at radius 2 is 2.04 bits per heavy atom. The van der Waals surface area contributed by atoms with Crippen molar-refractivity contribution in [2.75, 3.05) is 10.6 Å². The van der Waals surface area contributed by atoms with Gasteiger partial charge in [0.25, 0.3) is 5.91 Å². The highest BCUT2D eigenvalue weighted by molar-refractivity contribution is 6.05. The summed E-state index contributed by atoms with van der Waals surface area (Å²) in [6.07, 6.45) is 1.60. The second-order valence-electron chi connectivity index (χ2n) is 5.78. The summed E-state index contributed by atoms with van der Waals surface area (Å²) in [7, 11) is 0. The molecular weight excluding hydrogens is 337 g/mol. The van der Waals surface area contributed by atoms with Crippen LogP contribution in [0, 0.1) is 5.82 Å². The number of carbonyl (C=O) groups excluding carboxylic acids is 1. The van der Waals surface area contributed by atoms with Gasteiger partial charge in [-0.25, -0.2) is 9.37 Å². The number of pyridine rings is 1. The average Bonchev–Trinajstić information content (AvgIpc) is 3.10. The summed E-state index contributed by atoms with van der Waals surface area (Å²) >= 11 is 0. The molecule has 1 aliphatic heterocycles. The number of allylic oxidation sites excluding steroid dienone is 1. The van der Waals surface area contributed by atoms with Crippen molar-refractivity contribution in [2.45, 2.75) is 13.0 Å². The Bertz CT molecular complexity index is 982. The normalized spacial score (nSPS) is 16.0. The summed E-state index contributed by atoms with van der Waals surface area (Å²) in [4.78, 5) is 17.1. The molecule has 0 aliphatic carbocycles. The minimum Gasteiger partial charge on any atom is -0.307 e. The van der Waals surface area contributed by atoms with Gasteiger partial charge in [0.1, 0.15) is 16.8 Å². The van der Waals surface area contributed by atoms with Crippen LogP contribution in [0.4, 0.5) is 16.2 Å². The Labute approximate surface area is 147 Å². The van der Waals surface area contributed by atoms with Gasteiger partial charge in [0.15, 0.2) is 6.04 Å². The van der Waals surface area contributed by atoms with Crippen molar-refractivity contribution in [2.24, 2.45) is 0 Å². The zero-order chi connectivity index (χ0) is 18.1. The first kappa shape index (κ1) is 15.9. The number of nitrogens with zero attached hydrogens (tertiary/aromatic N) is 4. The van der Waals surface area contributed by atoms with Crippen LogP contribution in [0.3, 0.4) is 0 Å². The maximum absolute atomic E-state index is 13.4. The van der Waals surface area contributed by atoms with E-state index in [0.717, 1.165) is 5.56 Å². The van der Waals surface area contributed by atoms with Crippen LogP contribution < -0.4 is 15.3 Å². The largest absolute Gasteiger partial charge is 0.405 e. The lowest BCUT2D eigenvalue weighted by Crippen LogP contribution is -2.50. The fourth-order valence-corrected chi connectivity index (χ4v) is 2.92. The molecule has 0 fully saturated rings. The van der Waals surface area contributed by atoms with Crippen LogP contribution in [0.1, 0.15) is 18.5 Å². The van der Waals surface area contributed by atoms with Crippen LogP contribution in [-0.4, -0.2) is 26.4 Å². The quantitative estimate of drug-likeness (QED) is 0.621. The van der Waals surface area contributed by atoms with Crippen LogP contribution in [0.2, 0.25) is 0 Å². The summed E-state index contributed by atoms with van der Waals surface area (Å²) < 4.78 is 15.0. The van der Waals surface area contributed by atoms with E-state index in [1.54, 1.807) is 48.1 Å². The molecule has 0 bridgehead atoms. The third kappa shape index (κ3) is 2.79. The van der Waals surface area contributed by atoms with Crippen LogP contribution in [0.15, 0.2) is 59.9 Å². The van der Waals surface area contributed by atoms with Crippen LogP contribution in [-0.2, 0) is 4.79 Å². The minimum atomic E-state index is -0.537. The molecule has 3 aromatic rings. The van der Waals surface area contributed by atoms with E-state index in [1.807, 2.05) is 0 Å². The van der Waals surface area contributed by atoms with Crippen molar-refractivity contribution in [1.29, 1.82) is 0 Å². The Morgan fingerprint density at radius 1 is 1.23 bits per heavy atom. The predicted molar refractivity (Wildman–Crippen MR) is 90.3 cm³/mol. The molecule has 1 aromatic carbocycles. The molecule has 26 heavy (non-hydrogen) atoms. The van der Waals surface area contributed by atoms with E-state index >= 15 is 0 Å². The van der Waals surface area contributed by atoms with E-state index in [0.29, 0.717) is 23.0 Å². The summed E-state index contributed by atoms with van der Waals surface area (Å²) in [6.45, 7) is 1.78. The molecule has 0 saturated carbocycles. The molecule has 1 amide bonds. The first-order valence-electron chi connectivity index (χ1n) is 7.91. The highest BCUT2D eigenvalue weighted by atomic mass is 19.1. The van der Waals surface area contributed by atoms with Gasteiger partial charge in [-0.2, -0.15) is 0 Å². The van der Waals surface area contributed by atoms with Crippen molar-refractivity contribution < 1.29 is 13.9 Å². The molecule has 2 aromatic heterocycles. The molecular formula is C17H15FN7O+. The molecule has 3 N–H and O–H groups in total. The molecule has 1 atom stereocenters. The second kappa shape index (κ2) is 6.36. The fraction of sp³-hybridized carbons (Fsp3) is 0.118. The second-order valence-corrected chi connectivity index (χ2v) is 5.78. The summed E-state index contributed by atoms with van der Waals surface area (Å²) in [6, 6.07) is 10.7. The van der Waals surface area contributed by atoms with Gasteiger partial charge >= 0.3 is 5.95 Å². The number of hydrogen-bond acceptors (Lipinski definition) is 5. The zero-order valence-electron chi connectivity index (χ0n) is 13.8. The van der Waals surface area contributed by atoms with Crippen molar-refractivity contribution in [3.63, 3.8) is 0 Å². The predicted octanol–water partition coefficient (Wildman–Crippen LogP) is 1.55. The average molecular weight is 352 g/mol. The van der Waals surface area contributed by atoms with E-state index in [9.17, 15) is 9.18 Å². The first-order chi connectivity index (χ1) is 12.6. The van der Waals surface area contributed by atoms with Gasteiger partial charge in [-0.15, -0.1) is 9.90 Å². The van der Waals surface area contributed by atoms with Crippen molar-refractivity contribution in [3.8, 4) is 0 Å². The lowest BCUT2D eigenvalue weighted by atomic mass is 9.95. The third-order valence-corrected chi connectivity index (χ3v) is 4.10. The van der Waals surface area contributed by atoms with Gasteiger partial charge in [-0.3, -0.25) is 10.1 Å². The fourth-order valence-electron chi connectivity index (χ4n) is 2.92. The molecule has 1 aliphatic rings. The third-order valence-electron chi connectivity index (χ3n) is 4.10. The topological polar surface area (TPSA) is 99.5 Å². The van der Waals surface area contributed by atoms with Gasteiger partial charge in [0, 0.05) is 6.20 Å². The summed E-state index contributed by atoms with van der Waals surface area (Å²) in [5.41, 5.74) is 1.79. The highest BCUT2D eigenvalue weighted by Gasteiger charge is 2.38. The maximum atomic E-state index is 13.4. The van der Waals surface area contributed by atoms with Gasteiger partial charge in [-0.1, -0.05) is 18.2 Å². The number of carbonyl (C=O) groups is 1. The van der Waals surface area contributed by atoms with E-state index in [1.165, 1.54) is 12.1 Å². The lowest BCUT2D eigenvalue weighted by Gasteiger charge is -2.24. The van der Waals surface area contributed by atoms with Gasteiger partial charge in [0.2, 0.25) is 0 Å². The number of hydrogen-bond donors (Lipinski definition) is 3.